The normalized spacial score (nSPS) is 11.6. The Morgan fingerprint density at radius 1 is 1.20 bits per heavy atom. The Kier molecular flexibility index (Phi) is 4.20. The van der Waals surface area contributed by atoms with E-state index in [1.807, 2.05) is 29.8 Å². The fourth-order valence-corrected chi connectivity index (χ4v) is 3.98. The average Bonchev–Trinajstić information content (AvgIpc) is 3.23. The van der Waals surface area contributed by atoms with E-state index in [0.29, 0.717) is 21.7 Å². The number of hydrogen-bond donors (Lipinski definition) is 0. The summed E-state index contributed by atoms with van der Waals surface area (Å²) in [6.07, 6.45) is 5.20. The molecule has 0 atom stereocenters. The molecule has 0 aliphatic carbocycles. The van der Waals surface area contributed by atoms with Crippen molar-refractivity contribution in [3.63, 3.8) is 0 Å². The predicted octanol–water partition coefficient (Wildman–Crippen LogP) is 4.43. The van der Waals surface area contributed by atoms with Gasteiger partial charge in [-0.05, 0) is 42.7 Å². The van der Waals surface area contributed by atoms with Gasteiger partial charge in [0, 0.05) is 11.6 Å². The lowest BCUT2D eigenvalue weighted by molar-refractivity contribution is 0.939. The van der Waals surface area contributed by atoms with Crippen molar-refractivity contribution < 1.29 is 0 Å². The molecule has 4 aromatic heterocycles. The summed E-state index contributed by atoms with van der Waals surface area (Å²) < 4.78 is 2.07. The third kappa shape index (κ3) is 3.02. The first-order chi connectivity index (χ1) is 12.1. The van der Waals surface area contributed by atoms with E-state index in [9.17, 15) is 4.79 Å². The van der Waals surface area contributed by atoms with Crippen molar-refractivity contribution in [1.29, 1.82) is 0 Å². The van der Waals surface area contributed by atoms with Crippen LogP contribution in [0.2, 0.25) is 5.15 Å². The molecule has 0 amide bonds. The van der Waals surface area contributed by atoms with Crippen LogP contribution < -0.4 is 5.56 Å². The van der Waals surface area contributed by atoms with Crippen LogP contribution in [0.25, 0.3) is 28.1 Å². The van der Waals surface area contributed by atoms with Crippen molar-refractivity contribution in [3.05, 3.63) is 67.2 Å². The SMILES string of the molecule is Cc1nc(C=Cc2nc3ccsc3c(=O)n2-c2cccnc2Cl)cs1. The number of aromatic nitrogens is 4. The number of pyridine rings is 1. The molecule has 0 bridgehead atoms. The Balaban J connectivity index is 1.96. The van der Waals surface area contributed by atoms with Gasteiger partial charge in [-0.3, -0.25) is 9.36 Å². The summed E-state index contributed by atoms with van der Waals surface area (Å²) in [6.45, 7) is 1.95. The standard InChI is InChI=1S/C17H11ClN4OS2/c1-10-20-11(9-25-10)4-5-14-21-12-6-8-24-15(12)17(23)22(14)13-3-2-7-19-16(13)18/h2-9H,1H3. The van der Waals surface area contributed by atoms with E-state index in [1.54, 1.807) is 35.7 Å². The summed E-state index contributed by atoms with van der Waals surface area (Å²) in [4.78, 5) is 26.1. The fraction of sp³-hybridized carbons (Fsp3) is 0.0588. The molecule has 25 heavy (non-hydrogen) atoms. The molecule has 124 valence electrons. The number of fused-ring (bicyclic) bond motifs is 1. The molecular formula is C17H11ClN4OS2. The van der Waals surface area contributed by atoms with Gasteiger partial charge in [0.15, 0.2) is 5.15 Å². The molecule has 0 aliphatic rings. The summed E-state index contributed by atoms with van der Waals surface area (Å²) in [5.41, 5.74) is 1.83. The number of hydrogen-bond acceptors (Lipinski definition) is 6. The molecular weight excluding hydrogens is 376 g/mol. The van der Waals surface area contributed by atoms with Crippen LogP contribution in [0.5, 0.6) is 0 Å². The van der Waals surface area contributed by atoms with Crippen molar-refractivity contribution in [2.24, 2.45) is 0 Å². The minimum atomic E-state index is -0.163. The highest BCUT2D eigenvalue weighted by atomic mass is 35.5. The minimum Gasteiger partial charge on any atom is -0.267 e. The molecule has 4 heterocycles. The second-order valence-electron chi connectivity index (χ2n) is 5.18. The van der Waals surface area contributed by atoms with Gasteiger partial charge in [0.1, 0.15) is 10.5 Å². The Labute approximate surface area is 155 Å². The summed E-state index contributed by atoms with van der Waals surface area (Å²) in [5.74, 6) is 0.483. The van der Waals surface area contributed by atoms with Gasteiger partial charge in [-0.2, -0.15) is 0 Å². The van der Waals surface area contributed by atoms with E-state index in [4.69, 9.17) is 11.6 Å². The Morgan fingerprint density at radius 2 is 2.08 bits per heavy atom. The summed E-state index contributed by atoms with van der Waals surface area (Å²) >= 11 is 9.15. The molecule has 0 aliphatic heterocycles. The molecule has 0 unspecified atom stereocenters. The number of halogens is 1. The molecule has 8 heteroatoms. The van der Waals surface area contributed by atoms with Crippen molar-refractivity contribution in [2.45, 2.75) is 6.92 Å². The zero-order valence-corrected chi connectivity index (χ0v) is 15.4. The lowest BCUT2D eigenvalue weighted by Gasteiger charge is -2.10. The van der Waals surface area contributed by atoms with Crippen molar-refractivity contribution in [3.8, 4) is 5.69 Å². The van der Waals surface area contributed by atoms with Gasteiger partial charge in [0.2, 0.25) is 0 Å². The zero-order chi connectivity index (χ0) is 17.4. The minimum absolute atomic E-state index is 0.163. The van der Waals surface area contributed by atoms with Gasteiger partial charge < -0.3 is 0 Å². The molecule has 0 N–H and O–H groups in total. The lowest BCUT2D eigenvalue weighted by Crippen LogP contribution is -2.22. The molecule has 0 spiro atoms. The van der Waals surface area contributed by atoms with E-state index < -0.39 is 0 Å². The fourth-order valence-electron chi connectivity index (χ4n) is 2.44. The van der Waals surface area contributed by atoms with Crippen LogP contribution >= 0.6 is 34.3 Å². The van der Waals surface area contributed by atoms with E-state index in [2.05, 4.69) is 15.0 Å². The first kappa shape index (κ1) is 16.1. The Bertz CT molecular complexity index is 1160. The van der Waals surface area contributed by atoms with Gasteiger partial charge in [-0.25, -0.2) is 15.0 Å². The third-order valence-electron chi connectivity index (χ3n) is 3.53. The van der Waals surface area contributed by atoms with Crippen molar-refractivity contribution in [2.75, 3.05) is 0 Å². The molecule has 0 saturated carbocycles. The number of aryl methyl sites for hydroxylation is 1. The second kappa shape index (κ2) is 6.51. The maximum Gasteiger partial charge on any atom is 0.276 e. The molecule has 0 radical (unpaired) electrons. The quantitative estimate of drug-likeness (QED) is 0.488. The highest BCUT2D eigenvalue weighted by Gasteiger charge is 2.14. The topological polar surface area (TPSA) is 60.7 Å². The molecule has 0 saturated heterocycles. The van der Waals surface area contributed by atoms with Crippen LogP contribution in [0, 0.1) is 6.92 Å². The van der Waals surface area contributed by atoms with Crippen LogP contribution in [0.4, 0.5) is 0 Å². The summed E-state index contributed by atoms with van der Waals surface area (Å²) in [6, 6.07) is 5.33. The maximum atomic E-state index is 13.0. The van der Waals surface area contributed by atoms with Crippen LogP contribution in [0.1, 0.15) is 16.5 Å². The van der Waals surface area contributed by atoms with Gasteiger partial charge in [-0.1, -0.05) is 11.6 Å². The van der Waals surface area contributed by atoms with Crippen LogP contribution in [-0.2, 0) is 0 Å². The smallest absolute Gasteiger partial charge is 0.267 e. The Hall–Kier alpha value is -2.35. The third-order valence-corrected chi connectivity index (χ3v) is 5.50. The van der Waals surface area contributed by atoms with Crippen molar-refractivity contribution >= 4 is 56.6 Å². The van der Waals surface area contributed by atoms with Crippen LogP contribution in [-0.4, -0.2) is 19.5 Å². The maximum absolute atomic E-state index is 13.0. The van der Waals surface area contributed by atoms with E-state index >= 15 is 0 Å². The van der Waals surface area contributed by atoms with Crippen LogP contribution in [0.15, 0.2) is 40.0 Å². The van der Waals surface area contributed by atoms with Gasteiger partial charge >= 0.3 is 0 Å². The number of thiazole rings is 1. The highest BCUT2D eigenvalue weighted by molar-refractivity contribution is 7.17. The van der Waals surface area contributed by atoms with E-state index in [1.165, 1.54) is 15.9 Å². The summed E-state index contributed by atoms with van der Waals surface area (Å²) in [7, 11) is 0. The summed E-state index contributed by atoms with van der Waals surface area (Å²) in [5, 5.41) is 5.04. The van der Waals surface area contributed by atoms with Crippen LogP contribution in [0.3, 0.4) is 0 Å². The van der Waals surface area contributed by atoms with E-state index in [-0.39, 0.29) is 10.7 Å². The predicted molar refractivity (Wildman–Crippen MR) is 104 cm³/mol. The van der Waals surface area contributed by atoms with Crippen molar-refractivity contribution in [1.82, 2.24) is 19.5 Å². The molecule has 4 aromatic rings. The molecule has 4 rings (SSSR count). The largest absolute Gasteiger partial charge is 0.276 e. The number of thiophene rings is 1. The lowest BCUT2D eigenvalue weighted by atomic mass is 10.3. The molecule has 5 nitrogen and oxygen atoms in total. The van der Waals surface area contributed by atoms with Gasteiger partial charge in [-0.15, -0.1) is 22.7 Å². The number of nitrogens with zero attached hydrogens (tertiary/aromatic N) is 4. The van der Waals surface area contributed by atoms with E-state index in [0.717, 1.165) is 10.7 Å². The highest BCUT2D eigenvalue weighted by Crippen LogP contribution is 2.22. The first-order valence-corrected chi connectivity index (χ1v) is 9.48. The molecule has 0 fully saturated rings. The van der Waals surface area contributed by atoms with Gasteiger partial charge in [0.05, 0.1) is 21.9 Å². The zero-order valence-electron chi connectivity index (χ0n) is 13.0. The number of rotatable bonds is 3. The molecule has 0 aromatic carbocycles. The second-order valence-corrected chi connectivity index (χ2v) is 7.52. The van der Waals surface area contributed by atoms with Gasteiger partial charge in [0.25, 0.3) is 5.56 Å². The Morgan fingerprint density at radius 3 is 2.84 bits per heavy atom. The monoisotopic (exact) mass is 386 g/mol. The first-order valence-electron chi connectivity index (χ1n) is 7.35. The average molecular weight is 387 g/mol.